The second kappa shape index (κ2) is 7.25. The lowest BCUT2D eigenvalue weighted by Crippen LogP contribution is -2.51. The van der Waals surface area contributed by atoms with Crippen LogP contribution in [0.25, 0.3) is 0 Å². The van der Waals surface area contributed by atoms with E-state index in [1.165, 1.54) is 5.56 Å². The summed E-state index contributed by atoms with van der Waals surface area (Å²) in [7, 11) is 5.98. The van der Waals surface area contributed by atoms with E-state index in [0.717, 1.165) is 37.4 Å². The highest BCUT2D eigenvalue weighted by Gasteiger charge is 2.25. The summed E-state index contributed by atoms with van der Waals surface area (Å²) in [5.74, 6) is 0.869. The summed E-state index contributed by atoms with van der Waals surface area (Å²) >= 11 is 0. The van der Waals surface area contributed by atoms with Crippen molar-refractivity contribution in [3.8, 4) is 5.75 Å². The highest BCUT2D eigenvalue weighted by Crippen LogP contribution is 2.23. The van der Waals surface area contributed by atoms with Crippen LogP contribution in [-0.2, 0) is 6.42 Å². The molecule has 1 saturated heterocycles. The maximum atomic E-state index is 10.5. The van der Waals surface area contributed by atoms with Crippen molar-refractivity contribution in [2.45, 2.75) is 31.9 Å². The smallest absolute Gasteiger partial charge is 0.122 e. The lowest BCUT2D eigenvalue weighted by Gasteiger charge is -2.38. The van der Waals surface area contributed by atoms with Crippen LogP contribution in [0.5, 0.6) is 5.75 Å². The van der Waals surface area contributed by atoms with Crippen molar-refractivity contribution in [2.24, 2.45) is 0 Å². The van der Waals surface area contributed by atoms with Crippen molar-refractivity contribution < 1.29 is 9.84 Å². The Morgan fingerprint density at radius 2 is 2.10 bits per heavy atom. The number of piperazine rings is 1. The molecule has 1 aromatic rings. The van der Waals surface area contributed by atoms with Gasteiger partial charge in [-0.1, -0.05) is 17.7 Å². The van der Waals surface area contributed by atoms with Crippen LogP contribution in [0.4, 0.5) is 0 Å². The summed E-state index contributed by atoms with van der Waals surface area (Å²) in [6, 6.07) is 6.56. The fourth-order valence-corrected chi connectivity index (χ4v) is 3.07. The van der Waals surface area contributed by atoms with Gasteiger partial charge >= 0.3 is 0 Å². The summed E-state index contributed by atoms with van der Waals surface area (Å²) in [6.07, 6.45) is 1.12. The van der Waals surface area contributed by atoms with Crippen molar-refractivity contribution in [1.29, 1.82) is 0 Å². The Kier molecular flexibility index (Phi) is 5.62. The van der Waals surface area contributed by atoms with Crippen molar-refractivity contribution >= 4 is 0 Å². The van der Waals surface area contributed by atoms with Crippen LogP contribution in [0.1, 0.15) is 17.5 Å². The van der Waals surface area contributed by atoms with Gasteiger partial charge in [0.2, 0.25) is 0 Å². The first-order chi connectivity index (χ1) is 9.99. The van der Waals surface area contributed by atoms with Crippen LogP contribution in [0, 0.1) is 6.92 Å². The molecule has 1 N–H and O–H groups in total. The van der Waals surface area contributed by atoms with Gasteiger partial charge in [-0.15, -0.1) is 0 Å². The van der Waals surface area contributed by atoms with E-state index in [1.807, 2.05) is 12.1 Å². The zero-order chi connectivity index (χ0) is 15.4. The first-order valence-corrected chi connectivity index (χ1v) is 7.70. The van der Waals surface area contributed by atoms with Gasteiger partial charge in [0.05, 0.1) is 13.2 Å². The number of aliphatic hydroxyl groups is 1. The molecule has 1 heterocycles. The number of ether oxygens (including phenoxy) is 1. The van der Waals surface area contributed by atoms with Gasteiger partial charge in [-0.3, -0.25) is 0 Å². The Bertz CT molecular complexity index is 464. The molecule has 0 saturated carbocycles. The molecule has 0 bridgehead atoms. The molecule has 0 aliphatic carbocycles. The Hall–Kier alpha value is -1.10. The highest BCUT2D eigenvalue weighted by molar-refractivity contribution is 5.37. The van der Waals surface area contributed by atoms with Gasteiger partial charge in [-0.05, 0) is 39.1 Å². The number of benzene rings is 1. The molecule has 21 heavy (non-hydrogen) atoms. The lowest BCUT2D eigenvalue weighted by atomic mass is 9.98. The summed E-state index contributed by atoms with van der Waals surface area (Å²) in [5.41, 5.74) is 2.30. The van der Waals surface area contributed by atoms with E-state index in [4.69, 9.17) is 4.74 Å². The topological polar surface area (TPSA) is 35.9 Å². The first kappa shape index (κ1) is 16.3. The van der Waals surface area contributed by atoms with E-state index < -0.39 is 0 Å². The van der Waals surface area contributed by atoms with Gasteiger partial charge in [0, 0.05) is 32.1 Å². The van der Waals surface area contributed by atoms with Crippen LogP contribution in [0.2, 0.25) is 0 Å². The Morgan fingerprint density at radius 3 is 2.81 bits per heavy atom. The predicted octanol–water partition coefficient (Wildman–Crippen LogP) is 1.54. The third-order valence-corrected chi connectivity index (χ3v) is 4.42. The molecular formula is C17H28N2O2. The van der Waals surface area contributed by atoms with Gasteiger partial charge in [0.1, 0.15) is 5.75 Å². The number of aryl methyl sites for hydroxylation is 1. The Labute approximate surface area is 128 Å². The standard InChI is InChI=1S/C17H28N2O2/c1-13-5-6-17(21-4)14(9-13)10-16(20)11-15-12-18(2)7-8-19(15)3/h5-6,9,15-16,20H,7-8,10-12H2,1-4H3. The maximum Gasteiger partial charge on any atom is 0.122 e. The monoisotopic (exact) mass is 292 g/mol. The maximum absolute atomic E-state index is 10.5. The third kappa shape index (κ3) is 4.43. The minimum atomic E-state index is -0.334. The summed E-state index contributed by atoms with van der Waals surface area (Å²) in [4.78, 5) is 4.70. The zero-order valence-corrected chi connectivity index (χ0v) is 13.7. The van der Waals surface area contributed by atoms with Crippen LogP contribution >= 0.6 is 0 Å². The van der Waals surface area contributed by atoms with Crippen molar-refractivity contribution in [3.63, 3.8) is 0 Å². The van der Waals surface area contributed by atoms with Crippen molar-refractivity contribution in [3.05, 3.63) is 29.3 Å². The van der Waals surface area contributed by atoms with E-state index in [9.17, 15) is 5.11 Å². The molecule has 1 fully saturated rings. The molecule has 1 aliphatic heterocycles. The number of methoxy groups -OCH3 is 1. The molecular weight excluding hydrogens is 264 g/mol. The molecule has 2 rings (SSSR count). The van der Waals surface area contributed by atoms with Crippen molar-refractivity contribution in [2.75, 3.05) is 40.8 Å². The largest absolute Gasteiger partial charge is 0.496 e. The Balaban J connectivity index is 1.98. The number of likely N-dealkylation sites (N-methyl/N-ethyl adjacent to an activating group) is 2. The average Bonchev–Trinajstić information content (AvgIpc) is 2.43. The molecule has 0 radical (unpaired) electrons. The Morgan fingerprint density at radius 1 is 1.33 bits per heavy atom. The molecule has 0 amide bonds. The van der Waals surface area contributed by atoms with Gasteiger partial charge in [0.15, 0.2) is 0 Å². The summed E-state index contributed by atoms with van der Waals surface area (Å²) < 4.78 is 5.40. The second-order valence-corrected chi connectivity index (χ2v) is 6.31. The van der Waals surface area contributed by atoms with Gasteiger partial charge < -0.3 is 19.6 Å². The predicted molar refractivity (Wildman–Crippen MR) is 86.0 cm³/mol. The quantitative estimate of drug-likeness (QED) is 0.893. The van der Waals surface area contributed by atoms with Crippen LogP contribution < -0.4 is 4.74 Å². The number of hydrogen-bond donors (Lipinski definition) is 1. The van der Waals surface area contributed by atoms with Gasteiger partial charge in [-0.2, -0.15) is 0 Å². The number of hydrogen-bond acceptors (Lipinski definition) is 4. The van der Waals surface area contributed by atoms with Crippen LogP contribution in [-0.4, -0.2) is 67.9 Å². The van der Waals surface area contributed by atoms with Crippen LogP contribution in [0.15, 0.2) is 18.2 Å². The van der Waals surface area contributed by atoms with E-state index in [-0.39, 0.29) is 6.10 Å². The van der Waals surface area contributed by atoms with E-state index in [0.29, 0.717) is 12.5 Å². The van der Waals surface area contributed by atoms with E-state index in [1.54, 1.807) is 7.11 Å². The van der Waals surface area contributed by atoms with Gasteiger partial charge in [-0.25, -0.2) is 0 Å². The molecule has 118 valence electrons. The molecule has 2 atom stereocenters. The average molecular weight is 292 g/mol. The summed E-state index contributed by atoms with van der Waals surface area (Å²) in [5, 5.41) is 10.5. The van der Waals surface area contributed by atoms with Gasteiger partial charge in [0.25, 0.3) is 0 Å². The highest BCUT2D eigenvalue weighted by atomic mass is 16.5. The normalized spacial score (nSPS) is 22.2. The van der Waals surface area contributed by atoms with Crippen LogP contribution in [0.3, 0.4) is 0 Å². The molecule has 0 aromatic heterocycles. The molecule has 4 nitrogen and oxygen atoms in total. The van der Waals surface area contributed by atoms with E-state index >= 15 is 0 Å². The van der Waals surface area contributed by atoms with Crippen molar-refractivity contribution in [1.82, 2.24) is 9.80 Å². The SMILES string of the molecule is COc1ccc(C)cc1CC(O)CC1CN(C)CCN1C. The zero-order valence-electron chi connectivity index (χ0n) is 13.7. The lowest BCUT2D eigenvalue weighted by molar-refractivity contribution is 0.0636. The number of nitrogens with zero attached hydrogens (tertiary/aromatic N) is 2. The fourth-order valence-electron chi connectivity index (χ4n) is 3.07. The summed E-state index contributed by atoms with van der Waals surface area (Å²) in [6.45, 7) is 5.27. The molecule has 0 spiro atoms. The molecule has 1 aromatic carbocycles. The molecule has 1 aliphatic rings. The minimum Gasteiger partial charge on any atom is -0.496 e. The fraction of sp³-hybridized carbons (Fsp3) is 0.647. The number of aliphatic hydroxyl groups excluding tert-OH is 1. The third-order valence-electron chi connectivity index (χ3n) is 4.42. The van der Waals surface area contributed by atoms with E-state index in [2.05, 4.69) is 36.9 Å². The molecule has 2 unspecified atom stereocenters. The minimum absolute atomic E-state index is 0.334. The first-order valence-electron chi connectivity index (χ1n) is 7.70. The molecule has 4 heteroatoms. The second-order valence-electron chi connectivity index (χ2n) is 6.31. The number of rotatable bonds is 5.